The number of anilines is 1. The van der Waals surface area contributed by atoms with E-state index in [2.05, 4.69) is 10.6 Å². The predicted molar refractivity (Wildman–Crippen MR) is 114 cm³/mol. The summed E-state index contributed by atoms with van der Waals surface area (Å²) in [7, 11) is 1.58. The zero-order valence-electron chi connectivity index (χ0n) is 17.2. The van der Waals surface area contributed by atoms with Crippen LogP contribution in [0, 0.1) is 5.92 Å². The number of amides is 2. The Balaban J connectivity index is 1.71. The standard InChI is InChI=1S/C23H29N3O3/c1-14(2)21(26-22(27)15-7-10-18(29-3)11-8-15)23(28)25-20-6-4-5-16-13-17(24)9-12-19(16)20/h7-14,20-21H,4-6,24H2,1-3H3,(H,25,28)(H,26,27). The van der Waals surface area contributed by atoms with E-state index in [9.17, 15) is 9.59 Å². The van der Waals surface area contributed by atoms with Crippen molar-refractivity contribution < 1.29 is 14.3 Å². The number of nitrogens with two attached hydrogens (primary N) is 1. The topological polar surface area (TPSA) is 93.4 Å². The first kappa shape index (κ1) is 20.7. The predicted octanol–water partition coefficient (Wildman–Crippen LogP) is 3.23. The van der Waals surface area contributed by atoms with Gasteiger partial charge in [-0.1, -0.05) is 19.9 Å². The molecule has 0 aliphatic heterocycles. The number of carbonyl (C=O) groups is 2. The van der Waals surface area contributed by atoms with Crippen molar-refractivity contribution in [1.29, 1.82) is 0 Å². The lowest BCUT2D eigenvalue weighted by Gasteiger charge is -2.29. The molecule has 3 rings (SSSR count). The van der Waals surface area contributed by atoms with Crippen LogP contribution in [0.3, 0.4) is 0 Å². The smallest absolute Gasteiger partial charge is 0.251 e. The van der Waals surface area contributed by atoms with E-state index in [0.717, 1.165) is 30.5 Å². The first-order valence-electron chi connectivity index (χ1n) is 10.0. The lowest BCUT2D eigenvalue weighted by molar-refractivity contribution is -0.124. The van der Waals surface area contributed by atoms with Crippen LogP contribution in [0.5, 0.6) is 5.75 Å². The maximum atomic E-state index is 13.0. The minimum atomic E-state index is -0.622. The van der Waals surface area contributed by atoms with Gasteiger partial charge in [-0.05, 0) is 72.7 Å². The number of fused-ring (bicyclic) bond motifs is 1. The van der Waals surface area contributed by atoms with E-state index in [4.69, 9.17) is 10.5 Å². The highest BCUT2D eigenvalue weighted by Crippen LogP contribution is 2.31. The summed E-state index contributed by atoms with van der Waals surface area (Å²) < 4.78 is 5.12. The van der Waals surface area contributed by atoms with Crippen LogP contribution in [0.25, 0.3) is 0 Å². The van der Waals surface area contributed by atoms with Crippen molar-refractivity contribution in [3.05, 3.63) is 59.2 Å². The van der Waals surface area contributed by atoms with E-state index >= 15 is 0 Å². The molecule has 0 fully saturated rings. The summed E-state index contributed by atoms with van der Waals surface area (Å²) in [6.07, 6.45) is 2.83. The van der Waals surface area contributed by atoms with Crippen LogP contribution < -0.4 is 21.1 Å². The molecule has 0 heterocycles. The van der Waals surface area contributed by atoms with Gasteiger partial charge in [0.2, 0.25) is 5.91 Å². The molecule has 2 amide bonds. The third kappa shape index (κ3) is 4.88. The first-order valence-corrected chi connectivity index (χ1v) is 10.0. The number of ether oxygens (including phenoxy) is 1. The SMILES string of the molecule is COc1ccc(C(=O)NC(C(=O)NC2CCCc3cc(N)ccc32)C(C)C)cc1. The zero-order valence-corrected chi connectivity index (χ0v) is 17.2. The number of methoxy groups -OCH3 is 1. The second-order valence-corrected chi connectivity index (χ2v) is 7.84. The van der Waals surface area contributed by atoms with E-state index in [0.29, 0.717) is 11.3 Å². The van der Waals surface area contributed by atoms with Gasteiger partial charge in [-0.25, -0.2) is 0 Å². The van der Waals surface area contributed by atoms with Gasteiger partial charge in [0, 0.05) is 11.3 Å². The summed E-state index contributed by atoms with van der Waals surface area (Å²) in [6, 6.07) is 12.0. The molecule has 0 spiro atoms. The molecule has 29 heavy (non-hydrogen) atoms. The average Bonchev–Trinajstić information content (AvgIpc) is 2.71. The van der Waals surface area contributed by atoms with Gasteiger partial charge in [0.15, 0.2) is 0 Å². The summed E-state index contributed by atoms with van der Waals surface area (Å²) in [5.41, 5.74) is 9.43. The van der Waals surface area contributed by atoms with E-state index in [1.165, 1.54) is 5.56 Å². The van der Waals surface area contributed by atoms with E-state index in [-0.39, 0.29) is 23.8 Å². The highest BCUT2D eigenvalue weighted by atomic mass is 16.5. The Morgan fingerprint density at radius 3 is 2.52 bits per heavy atom. The van der Waals surface area contributed by atoms with Gasteiger partial charge in [-0.2, -0.15) is 0 Å². The van der Waals surface area contributed by atoms with Crippen LogP contribution in [0.4, 0.5) is 5.69 Å². The van der Waals surface area contributed by atoms with E-state index < -0.39 is 6.04 Å². The second-order valence-electron chi connectivity index (χ2n) is 7.84. The molecule has 0 saturated carbocycles. The maximum absolute atomic E-state index is 13.0. The van der Waals surface area contributed by atoms with Crippen molar-refractivity contribution in [2.45, 2.75) is 45.2 Å². The normalized spacial score (nSPS) is 16.6. The van der Waals surface area contributed by atoms with Gasteiger partial charge in [0.1, 0.15) is 11.8 Å². The largest absolute Gasteiger partial charge is 0.497 e. The number of benzene rings is 2. The second kappa shape index (κ2) is 8.99. The number of nitrogen functional groups attached to an aromatic ring is 1. The molecule has 2 atom stereocenters. The Bertz CT molecular complexity index is 877. The highest BCUT2D eigenvalue weighted by Gasteiger charge is 2.29. The number of aryl methyl sites for hydroxylation is 1. The molecule has 154 valence electrons. The first-order chi connectivity index (χ1) is 13.9. The van der Waals surface area contributed by atoms with E-state index in [1.807, 2.05) is 32.0 Å². The Labute approximate surface area is 171 Å². The molecule has 0 bridgehead atoms. The fourth-order valence-electron chi connectivity index (χ4n) is 3.75. The molecule has 0 radical (unpaired) electrons. The van der Waals surface area contributed by atoms with Crippen molar-refractivity contribution >= 4 is 17.5 Å². The van der Waals surface area contributed by atoms with Crippen molar-refractivity contribution in [3.63, 3.8) is 0 Å². The molecule has 1 aliphatic carbocycles. The van der Waals surface area contributed by atoms with Crippen LogP contribution in [0.15, 0.2) is 42.5 Å². The molecule has 4 N–H and O–H groups in total. The molecule has 6 nitrogen and oxygen atoms in total. The summed E-state index contributed by atoms with van der Waals surface area (Å²) in [5, 5.41) is 6.02. The third-order valence-corrected chi connectivity index (χ3v) is 5.39. The third-order valence-electron chi connectivity index (χ3n) is 5.39. The number of hydrogen-bond acceptors (Lipinski definition) is 4. The van der Waals surface area contributed by atoms with Crippen LogP contribution in [-0.2, 0) is 11.2 Å². The van der Waals surface area contributed by atoms with E-state index in [1.54, 1.807) is 31.4 Å². The molecular formula is C23H29N3O3. The molecule has 1 aliphatic rings. The van der Waals surface area contributed by atoms with Crippen LogP contribution in [0.2, 0.25) is 0 Å². The molecule has 2 unspecified atom stereocenters. The number of nitrogens with one attached hydrogen (secondary N) is 2. The minimum absolute atomic E-state index is 0.0494. The van der Waals surface area contributed by atoms with Crippen molar-refractivity contribution in [2.75, 3.05) is 12.8 Å². The fourth-order valence-corrected chi connectivity index (χ4v) is 3.75. The average molecular weight is 396 g/mol. The van der Waals surface area contributed by atoms with Crippen LogP contribution >= 0.6 is 0 Å². The maximum Gasteiger partial charge on any atom is 0.251 e. The van der Waals surface area contributed by atoms with Crippen LogP contribution in [0.1, 0.15) is 54.2 Å². The van der Waals surface area contributed by atoms with Crippen molar-refractivity contribution in [1.82, 2.24) is 10.6 Å². The van der Waals surface area contributed by atoms with Crippen molar-refractivity contribution in [2.24, 2.45) is 5.92 Å². The molecular weight excluding hydrogens is 366 g/mol. The van der Waals surface area contributed by atoms with Gasteiger partial charge in [0.25, 0.3) is 5.91 Å². The Kier molecular flexibility index (Phi) is 6.42. The number of rotatable bonds is 6. The molecule has 0 aromatic heterocycles. The Morgan fingerprint density at radius 2 is 1.86 bits per heavy atom. The van der Waals surface area contributed by atoms with Gasteiger partial charge >= 0.3 is 0 Å². The highest BCUT2D eigenvalue weighted by molar-refractivity contribution is 5.97. The summed E-state index contributed by atoms with van der Waals surface area (Å²) in [5.74, 6) is 0.179. The summed E-state index contributed by atoms with van der Waals surface area (Å²) in [6.45, 7) is 3.85. The zero-order chi connectivity index (χ0) is 21.0. The van der Waals surface area contributed by atoms with Crippen LogP contribution in [-0.4, -0.2) is 25.0 Å². The number of carbonyl (C=O) groups excluding carboxylic acids is 2. The lowest BCUT2D eigenvalue weighted by Crippen LogP contribution is -2.50. The fraction of sp³-hybridized carbons (Fsp3) is 0.391. The van der Waals surface area contributed by atoms with Gasteiger partial charge in [-0.3, -0.25) is 9.59 Å². The summed E-state index contributed by atoms with van der Waals surface area (Å²) in [4.78, 5) is 25.7. The summed E-state index contributed by atoms with van der Waals surface area (Å²) >= 11 is 0. The number of hydrogen-bond donors (Lipinski definition) is 3. The quantitative estimate of drug-likeness (QED) is 0.655. The molecule has 2 aromatic rings. The molecule has 0 saturated heterocycles. The minimum Gasteiger partial charge on any atom is -0.497 e. The monoisotopic (exact) mass is 395 g/mol. The Hall–Kier alpha value is -3.02. The lowest BCUT2D eigenvalue weighted by atomic mass is 9.87. The molecule has 6 heteroatoms. The molecule has 2 aromatic carbocycles. The Morgan fingerprint density at radius 1 is 1.14 bits per heavy atom. The van der Waals surface area contributed by atoms with Gasteiger partial charge in [-0.15, -0.1) is 0 Å². The van der Waals surface area contributed by atoms with Gasteiger partial charge < -0.3 is 21.1 Å². The van der Waals surface area contributed by atoms with Crippen molar-refractivity contribution in [3.8, 4) is 5.75 Å². The van der Waals surface area contributed by atoms with Gasteiger partial charge in [0.05, 0.1) is 13.2 Å².